The fraction of sp³-hybridized carbons (Fsp3) is 0.318. The van der Waals surface area contributed by atoms with E-state index in [1.165, 1.54) is 14.2 Å². The molecular formula is C22H22ClN3O4S. The van der Waals surface area contributed by atoms with E-state index < -0.39 is 5.92 Å². The maximum Gasteiger partial charge on any atom is 0.228 e. The third-order valence-electron chi connectivity index (χ3n) is 5.31. The van der Waals surface area contributed by atoms with E-state index in [0.717, 1.165) is 15.2 Å². The van der Waals surface area contributed by atoms with Gasteiger partial charge in [-0.1, -0.05) is 23.7 Å². The highest BCUT2D eigenvalue weighted by molar-refractivity contribution is 7.18. The first-order valence-electron chi connectivity index (χ1n) is 9.72. The van der Waals surface area contributed by atoms with E-state index in [2.05, 4.69) is 4.98 Å². The van der Waals surface area contributed by atoms with Gasteiger partial charge in [-0.3, -0.25) is 9.59 Å². The largest absolute Gasteiger partial charge is 0.495 e. The monoisotopic (exact) mass is 459 g/mol. The molecule has 31 heavy (non-hydrogen) atoms. The smallest absolute Gasteiger partial charge is 0.228 e. The minimum Gasteiger partial charge on any atom is -0.495 e. The topological polar surface area (TPSA) is 72.0 Å². The number of benzene rings is 2. The van der Waals surface area contributed by atoms with E-state index >= 15 is 0 Å². The lowest BCUT2D eigenvalue weighted by Gasteiger charge is -2.22. The summed E-state index contributed by atoms with van der Waals surface area (Å²) < 4.78 is 11.7. The van der Waals surface area contributed by atoms with Crippen LogP contribution in [0.3, 0.4) is 0 Å². The molecule has 3 aromatic rings. The van der Waals surface area contributed by atoms with Crippen molar-refractivity contribution in [1.82, 2.24) is 9.88 Å². The number of ether oxygens (including phenoxy) is 2. The van der Waals surface area contributed by atoms with Gasteiger partial charge < -0.3 is 19.3 Å². The highest BCUT2D eigenvalue weighted by Gasteiger charge is 2.38. The van der Waals surface area contributed by atoms with Gasteiger partial charge in [0.25, 0.3) is 0 Å². The number of rotatable bonds is 6. The zero-order valence-corrected chi connectivity index (χ0v) is 19.0. The summed E-state index contributed by atoms with van der Waals surface area (Å²) in [7, 11) is 4.77. The van der Waals surface area contributed by atoms with Crippen LogP contribution in [0.25, 0.3) is 10.2 Å². The molecule has 9 heteroatoms. The molecule has 1 aliphatic heterocycles. The summed E-state index contributed by atoms with van der Waals surface area (Å²) in [6.45, 7) is 0.668. The maximum atomic E-state index is 13.1. The summed E-state index contributed by atoms with van der Waals surface area (Å²) in [5, 5.41) is 1.23. The summed E-state index contributed by atoms with van der Waals surface area (Å²) in [5.41, 5.74) is 1.46. The summed E-state index contributed by atoms with van der Waals surface area (Å²) in [6.07, 6.45) is 0.135. The van der Waals surface area contributed by atoms with E-state index in [1.807, 2.05) is 24.3 Å². The van der Waals surface area contributed by atoms with Gasteiger partial charge in [0, 0.05) is 26.1 Å². The minimum absolute atomic E-state index is 0.0892. The number of anilines is 1. The zero-order chi connectivity index (χ0) is 22.1. The number of aromatic nitrogens is 1. The molecule has 162 valence electrons. The molecule has 0 bridgehead atoms. The van der Waals surface area contributed by atoms with Crippen molar-refractivity contribution in [2.45, 2.75) is 13.0 Å². The van der Waals surface area contributed by atoms with E-state index in [-0.39, 0.29) is 24.8 Å². The molecular weight excluding hydrogens is 438 g/mol. The first-order chi connectivity index (χ1) is 14.9. The summed E-state index contributed by atoms with van der Waals surface area (Å²) in [4.78, 5) is 33.6. The summed E-state index contributed by atoms with van der Waals surface area (Å²) in [6, 6.07) is 11.2. The average Bonchev–Trinajstić information content (AvgIpc) is 3.35. The van der Waals surface area contributed by atoms with Crippen LogP contribution in [0.1, 0.15) is 11.4 Å². The molecule has 2 amide bonds. The molecule has 0 N–H and O–H groups in total. The van der Waals surface area contributed by atoms with Crippen molar-refractivity contribution in [2.75, 3.05) is 32.7 Å². The molecule has 1 fully saturated rings. The Morgan fingerprint density at radius 2 is 2.00 bits per heavy atom. The predicted octanol–water partition coefficient (Wildman–Crippen LogP) is 3.98. The van der Waals surface area contributed by atoms with Gasteiger partial charge in [0.1, 0.15) is 16.5 Å². The number of carbonyl (C=O) groups is 2. The molecule has 0 spiro atoms. The van der Waals surface area contributed by atoms with Crippen LogP contribution in [0.4, 0.5) is 5.69 Å². The number of para-hydroxylation sites is 1. The molecule has 2 aromatic carbocycles. The van der Waals surface area contributed by atoms with Crippen LogP contribution in [0.15, 0.2) is 36.4 Å². The number of hydrogen-bond acceptors (Lipinski definition) is 6. The molecule has 0 saturated carbocycles. The summed E-state index contributed by atoms with van der Waals surface area (Å²) >= 11 is 7.83. The fourth-order valence-electron chi connectivity index (χ4n) is 3.74. The lowest BCUT2D eigenvalue weighted by molar-refractivity contribution is -0.135. The standard InChI is InChI=1S/C22H22ClN3O4S/c1-25(12-20-24-15-6-4-5-7-19(15)31-20)22(28)13-8-21(27)26(11-13)16-9-14(23)17(29-2)10-18(16)30-3/h4-7,9-10,13H,8,11-12H2,1-3H3. The van der Waals surface area contributed by atoms with Gasteiger partial charge in [0.2, 0.25) is 11.8 Å². The fourth-order valence-corrected chi connectivity index (χ4v) is 5.00. The van der Waals surface area contributed by atoms with Gasteiger partial charge in [0.05, 0.1) is 47.6 Å². The molecule has 1 aromatic heterocycles. The normalized spacial score (nSPS) is 16.1. The lowest BCUT2D eigenvalue weighted by atomic mass is 10.1. The van der Waals surface area contributed by atoms with E-state index in [0.29, 0.717) is 28.8 Å². The number of nitrogens with zero attached hydrogens (tertiary/aromatic N) is 3. The second-order valence-corrected chi connectivity index (χ2v) is 8.86. The highest BCUT2D eigenvalue weighted by Crippen LogP contribution is 2.40. The van der Waals surface area contributed by atoms with Crippen molar-refractivity contribution < 1.29 is 19.1 Å². The molecule has 1 atom stereocenters. The number of fused-ring (bicyclic) bond motifs is 1. The molecule has 0 radical (unpaired) electrons. The Morgan fingerprint density at radius 1 is 1.26 bits per heavy atom. The van der Waals surface area contributed by atoms with Crippen molar-refractivity contribution in [2.24, 2.45) is 5.92 Å². The van der Waals surface area contributed by atoms with Crippen molar-refractivity contribution >= 4 is 50.7 Å². The second-order valence-electron chi connectivity index (χ2n) is 7.33. The van der Waals surface area contributed by atoms with Crippen LogP contribution in [0.2, 0.25) is 5.02 Å². The van der Waals surface area contributed by atoms with Crippen molar-refractivity contribution in [3.8, 4) is 11.5 Å². The molecule has 7 nitrogen and oxygen atoms in total. The van der Waals surface area contributed by atoms with Gasteiger partial charge in [-0.2, -0.15) is 0 Å². The van der Waals surface area contributed by atoms with Gasteiger partial charge in [-0.15, -0.1) is 11.3 Å². The minimum atomic E-state index is -0.447. The third-order valence-corrected chi connectivity index (χ3v) is 6.62. The van der Waals surface area contributed by atoms with Gasteiger partial charge in [-0.25, -0.2) is 4.98 Å². The highest BCUT2D eigenvalue weighted by atomic mass is 35.5. The van der Waals surface area contributed by atoms with Crippen LogP contribution in [0.5, 0.6) is 11.5 Å². The average molecular weight is 460 g/mol. The van der Waals surface area contributed by atoms with E-state index in [1.54, 1.807) is 40.3 Å². The van der Waals surface area contributed by atoms with Crippen LogP contribution in [-0.2, 0) is 16.1 Å². The van der Waals surface area contributed by atoms with Crippen molar-refractivity contribution in [1.29, 1.82) is 0 Å². The Bertz CT molecular complexity index is 1120. The predicted molar refractivity (Wildman–Crippen MR) is 121 cm³/mol. The Labute approximate surface area is 189 Å². The molecule has 1 aliphatic rings. The molecule has 2 heterocycles. The zero-order valence-electron chi connectivity index (χ0n) is 17.4. The molecule has 0 aliphatic carbocycles. The molecule has 1 unspecified atom stereocenters. The van der Waals surface area contributed by atoms with Crippen LogP contribution in [-0.4, -0.2) is 49.5 Å². The first-order valence-corrected chi connectivity index (χ1v) is 10.9. The van der Waals surface area contributed by atoms with Gasteiger partial charge >= 0.3 is 0 Å². The van der Waals surface area contributed by atoms with E-state index in [9.17, 15) is 9.59 Å². The number of carbonyl (C=O) groups excluding carboxylic acids is 2. The number of hydrogen-bond donors (Lipinski definition) is 0. The quantitative estimate of drug-likeness (QED) is 0.557. The second kappa shape index (κ2) is 8.72. The van der Waals surface area contributed by atoms with E-state index in [4.69, 9.17) is 21.1 Å². The van der Waals surface area contributed by atoms with Crippen LogP contribution in [0, 0.1) is 5.92 Å². The first kappa shape index (κ1) is 21.4. The number of thiazole rings is 1. The Balaban J connectivity index is 1.49. The lowest BCUT2D eigenvalue weighted by Crippen LogP contribution is -2.34. The summed E-state index contributed by atoms with van der Waals surface area (Å²) in [5.74, 6) is 0.236. The molecule has 1 saturated heterocycles. The van der Waals surface area contributed by atoms with Crippen LogP contribution < -0.4 is 14.4 Å². The SMILES string of the molecule is COc1cc(OC)c(N2CC(C(=O)N(C)Cc3nc4ccccc4s3)CC2=O)cc1Cl. The number of halogens is 1. The van der Waals surface area contributed by atoms with Gasteiger partial charge in [0.15, 0.2) is 0 Å². The number of methoxy groups -OCH3 is 2. The number of amides is 2. The Morgan fingerprint density at radius 3 is 2.71 bits per heavy atom. The van der Waals surface area contributed by atoms with Crippen LogP contribution >= 0.6 is 22.9 Å². The Hall–Kier alpha value is -2.84. The maximum absolute atomic E-state index is 13.1. The third kappa shape index (κ3) is 4.18. The van der Waals surface area contributed by atoms with Crippen molar-refractivity contribution in [3.63, 3.8) is 0 Å². The Kier molecular flexibility index (Phi) is 6.02. The van der Waals surface area contributed by atoms with Gasteiger partial charge in [-0.05, 0) is 18.2 Å². The molecule has 4 rings (SSSR count). The van der Waals surface area contributed by atoms with Crippen molar-refractivity contribution in [3.05, 3.63) is 46.4 Å².